The zero-order valence-electron chi connectivity index (χ0n) is 14.4. The lowest BCUT2D eigenvalue weighted by Gasteiger charge is -2.31. The molecule has 128 valence electrons. The Balaban J connectivity index is 1.51. The summed E-state index contributed by atoms with van der Waals surface area (Å²) >= 11 is 0. The fourth-order valence-corrected chi connectivity index (χ4v) is 3.83. The van der Waals surface area contributed by atoms with E-state index in [9.17, 15) is 9.59 Å². The molecule has 25 heavy (non-hydrogen) atoms. The third kappa shape index (κ3) is 2.87. The summed E-state index contributed by atoms with van der Waals surface area (Å²) in [6.45, 7) is 5.28. The minimum absolute atomic E-state index is 0.0107. The van der Waals surface area contributed by atoms with Crippen LogP contribution in [0, 0.1) is 0 Å². The van der Waals surface area contributed by atoms with E-state index in [0.29, 0.717) is 11.1 Å². The van der Waals surface area contributed by atoms with Crippen LogP contribution in [0.5, 0.6) is 0 Å². The van der Waals surface area contributed by atoms with Crippen LogP contribution in [0.4, 0.5) is 0 Å². The molecular formula is C21H22N2O2. The molecule has 1 aliphatic carbocycles. The summed E-state index contributed by atoms with van der Waals surface area (Å²) in [4.78, 5) is 27.6. The number of carbonyl (C=O) groups excluding carboxylic acids is 2. The number of fused-ring (bicyclic) bond motifs is 3. The van der Waals surface area contributed by atoms with Crippen molar-refractivity contribution < 1.29 is 9.59 Å². The Morgan fingerprint density at radius 2 is 1.72 bits per heavy atom. The molecule has 0 aromatic heterocycles. The number of likely N-dealkylation sites (tertiary alicyclic amines) is 1. The van der Waals surface area contributed by atoms with Gasteiger partial charge in [-0.05, 0) is 42.6 Å². The van der Waals surface area contributed by atoms with Gasteiger partial charge in [-0.2, -0.15) is 0 Å². The number of piperidine rings is 1. The molecule has 0 atom stereocenters. The second kappa shape index (κ2) is 6.45. The maximum absolute atomic E-state index is 12.6. The Kier molecular flexibility index (Phi) is 4.14. The molecule has 0 spiro atoms. The SMILES string of the molecule is CCN1CCC(NC(=O)c2ccc3c(c2)C(=O)c2ccccc2-3)CC1. The van der Waals surface area contributed by atoms with Crippen LogP contribution < -0.4 is 5.32 Å². The van der Waals surface area contributed by atoms with Crippen molar-refractivity contribution in [2.75, 3.05) is 19.6 Å². The molecule has 0 bridgehead atoms. The van der Waals surface area contributed by atoms with Crippen LogP contribution in [-0.2, 0) is 0 Å². The molecule has 0 unspecified atom stereocenters. The molecular weight excluding hydrogens is 312 g/mol. The van der Waals surface area contributed by atoms with Crippen molar-refractivity contribution in [3.63, 3.8) is 0 Å². The highest BCUT2D eigenvalue weighted by Gasteiger charge is 2.27. The quantitative estimate of drug-likeness (QED) is 0.801. The van der Waals surface area contributed by atoms with Crippen molar-refractivity contribution in [1.82, 2.24) is 10.2 Å². The monoisotopic (exact) mass is 334 g/mol. The van der Waals surface area contributed by atoms with Gasteiger partial charge < -0.3 is 10.2 Å². The molecule has 0 radical (unpaired) electrons. The maximum Gasteiger partial charge on any atom is 0.251 e. The second-order valence-corrected chi connectivity index (χ2v) is 6.82. The number of ketones is 1. The molecule has 1 amide bonds. The standard InChI is InChI=1S/C21H22N2O2/c1-2-23-11-9-15(10-12-23)22-21(25)14-7-8-17-16-5-3-4-6-18(16)20(24)19(17)13-14/h3-8,13,15H,2,9-12H2,1H3,(H,22,25). The van der Waals surface area contributed by atoms with Crippen molar-refractivity contribution in [3.05, 3.63) is 59.2 Å². The van der Waals surface area contributed by atoms with Gasteiger partial charge in [-0.3, -0.25) is 9.59 Å². The molecule has 4 nitrogen and oxygen atoms in total. The van der Waals surface area contributed by atoms with Crippen LogP contribution in [0.2, 0.25) is 0 Å². The van der Waals surface area contributed by atoms with E-state index >= 15 is 0 Å². The minimum Gasteiger partial charge on any atom is -0.349 e. The van der Waals surface area contributed by atoms with E-state index in [1.807, 2.05) is 36.4 Å². The number of carbonyl (C=O) groups is 2. The van der Waals surface area contributed by atoms with Crippen LogP contribution >= 0.6 is 0 Å². The fraction of sp³-hybridized carbons (Fsp3) is 0.333. The third-order valence-corrected chi connectivity index (χ3v) is 5.36. The third-order valence-electron chi connectivity index (χ3n) is 5.36. The fourth-order valence-electron chi connectivity index (χ4n) is 3.83. The molecule has 0 saturated carbocycles. The summed E-state index contributed by atoms with van der Waals surface area (Å²) in [7, 11) is 0. The lowest BCUT2D eigenvalue weighted by Crippen LogP contribution is -2.44. The van der Waals surface area contributed by atoms with E-state index < -0.39 is 0 Å². The molecule has 2 aromatic rings. The first-order valence-electron chi connectivity index (χ1n) is 8.98. The van der Waals surface area contributed by atoms with Crippen molar-refractivity contribution >= 4 is 11.7 Å². The lowest BCUT2D eigenvalue weighted by molar-refractivity contribution is 0.0912. The van der Waals surface area contributed by atoms with Gasteiger partial charge in [0.25, 0.3) is 5.91 Å². The number of hydrogen-bond donors (Lipinski definition) is 1. The van der Waals surface area contributed by atoms with Gasteiger partial charge in [0.1, 0.15) is 0 Å². The van der Waals surface area contributed by atoms with Crippen LogP contribution in [0.15, 0.2) is 42.5 Å². The van der Waals surface area contributed by atoms with Crippen LogP contribution in [0.3, 0.4) is 0 Å². The first-order chi connectivity index (χ1) is 12.2. The summed E-state index contributed by atoms with van der Waals surface area (Å²) in [5.41, 5.74) is 3.81. The van der Waals surface area contributed by atoms with Crippen LogP contribution in [0.1, 0.15) is 46.0 Å². The van der Waals surface area contributed by atoms with Crippen LogP contribution in [-0.4, -0.2) is 42.3 Å². The van der Waals surface area contributed by atoms with Crippen molar-refractivity contribution in [2.45, 2.75) is 25.8 Å². The molecule has 1 heterocycles. The van der Waals surface area contributed by atoms with E-state index in [1.54, 1.807) is 6.07 Å². The molecule has 1 N–H and O–H groups in total. The lowest BCUT2D eigenvalue weighted by atomic mass is 10.0. The van der Waals surface area contributed by atoms with E-state index in [0.717, 1.165) is 49.2 Å². The summed E-state index contributed by atoms with van der Waals surface area (Å²) in [5, 5.41) is 3.13. The van der Waals surface area contributed by atoms with E-state index in [2.05, 4.69) is 17.1 Å². The Morgan fingerprint density at radius 3 is 2.44 bits per heavy atom. The Bertz CT molecular complexity index is 836. The van der Waals surface area contributed by atoms with E-state index in [-0.39, 0.29) is 17.7 Å². The second-order valence-electron chi connectivity index (χ2n) is 6.82. The summed E-state index contributed by atoms with van der Waals surface area (Å²) in [5.74, 6) is -0.0713. The maximum atomic E-state index is 12.6. The normalized spacial score (nSPS) is 17.2. The van der Waals surface area contributed by atoms with Gasteiger partial charge in [0.15, 0.2) is 5.78 Å². The van der Waals surface area contributed by atoms with Gasteiger partial charge in [-0.1, -0.05) is 37.3 Å². The first kappa shape index (κ1) is 16.0. The summed E-state index contributed by atoms with van der Waals surface area (Å²) < 4.78 is 0. The van der Waals surface area contributed by atoms with Gasteiger partial charge in [-0.25, -0.2) is 0 Å². The molecule has 1 aliphatic heterocycles. The highest BCUT2D eigenvalue weighted by molar-refractivity contribution is 6.22. The zero-order chi connectivity index (χ0) is 17.4. The van der Waals surface area contributed by atoms with Gasteiger partial charge in [-0.15, -0.1) is 0 Å². The molecule has 2 aromatic carbocycles. The average molecular weight is 334 g/mol. The number of rotatable bonds is 3. The van der Waals surface area contributed by atoms with Gasteiger partial charge in [0.2, 0.25) is 0 Å². The highest BCUT2D eigenvalue weighted by atomic mass is 16.1. The number of hydrogen-bond acceptors (Lipinski definition) is 3. The zero-order valence-corrected chi connectivity index (χ0v) is 14.4. The molecule has 4 heteroatoms. The smallest absolute Gasteiger partial charge is 0.251 e. The predicted molar refractivity (Wildman–Crippen MR) is 97.9 cm³/mol. The molecule has 2 aliphatic rings. The molecule has 1 saturated heterocycles. The van der Waals surface area contributed by atoms with E-state index in [4.69, 9.17) is 0 Å². The first-order valence-corrected chi connectivity index (χ1v) is 8.98. The average Bonchev–Trinajstić information content (AvgIpc) is 2.95. The van der Waals surface area contributed by atoms with Gasteiger partial charge >= 0.3 is 0 Å². The van der Waals surface area contributed by atoms with Crippen molar-refractivity contribution in [1.29, 1.82) is 0 Å². The number of nitrogens with one attached hydrogen (secondary N) is 1. The van der Waals surface area contributed by atoms with Crippen LogP contribution in [0.25, 0.3) is 11.1 Å². The molecule has 1 fully saturated rings. The summed E-state index contributed by atoms with van der Waals surface area (Å²) in [6.07, 6.45) is 1.96. The largest absolute Gasteiger partial charge is 0.349 e. The van der Waals surface area contributed by atoms with Gasteiger partial charge in [0, 0.05) is 35.8 Å². The number of amides is 1. The Labute approximate surface area is 147 Å². The summed E-state index contributed by atoms with van der Waals surface area (Å²) in [6, 6.07) is 13.3. The van der Waals surface area contributed by atoms with Gasteiger partial charge in [0.05, 0.1) is 0 Å². The van der Waals surface area contributed by atoms with E-state index in [1.165, 1.54) is 0 Å². The number of benzene rings is 2. The Morgan fingerprint density at radius 1 is 1.04 bits per heavy atom. The highest BCUT2D eigenvalue weighted by Crippen LogP contribution is 2.36. The minimum atomic E-state index is -0.0819. The number of nitrogens with zero attached hydrogens (tertiary/aromatic N) is 1. The molecule has 4 rings (SSSR count). The predicted octanol–water partition coefficient (Wildman–Crippen LogP) is 3.11. The topological polar surface area (TPSA) is 49.4 Å². The van der Waals surface area contributed by atoms with Crippen molar-refractivity contribution in [2.24, 2.45) is 0 Å². The van der Waals surface area contributed by atoms with Crippen molar-refractivity contribution in [3.8, 4) is 11.1 Å². The Hall–Kier alpha value is -2.46.